The van der Waals surface area contributed by atoms with Gasteiger partial charge < -0.3 is 15.1 Å². The van der Waals surface area contributed by atoms with Crippen molar-refractivity contribution in [1.82, 2.24) is 19.8 Å². The predicted octanol–water partition coefficient (Wildman–Crippen LogP) is 0.208. The number of amides is 1. The van der Waals surface area contributed by atoms with Gasteiger partial charge in [0.2, 0.25) is 10.0 Å². The molecule has 0 saturated heterocycles. The molecule has 24 heavy (non-hydrogen) atoms. The van der Waals surface area contributed by atoms with Crippen molar-refractivity contribution in [2.75, 3.05) is 54.4 Å². The molecule has 0 radical (unpaired) electrons. The predicted molar refractivity (Wildman–Crippen MR) is 95.7 cm³/mol. The van der Waals surface area contributed by atoms with E-state index >= 15 is 0 Å². The molecule has 1 aromatic rings. The van der Waals surface area contributed by atoms with Crippen LogP contribution in [-0.2, 0) is 10.0 Å². The monoisotopic (exact) mass is 356 g/mol. The van der Waals surface area contributed by atoms with Crippen LogP contribution in [0.25, 0.3) is 0 Å². The van der Waals surface area contributed by atoms with Crippen LogP contribution in [0.4, 0.5) is 0 Å². The molecule has 0 aliphatic rings. The zero-order valence-corrected chi connectivity index (χ0v) is 15.7. The average Bonchev–Trinajstić information content (AvgIpc) is 2.51. The Bertz CT molecular complexity index is 613. The number of carbonyl (C=O) groups excluding carboxylic acids is 1. The van der Waals surface area contributed by atoms with Crippen LogP contribution in [0.5, 0.6) is 0 Å². The summed E-state index contributed by atoms with van der Waals surface area (Å²) in [5.41, 5.74) is 0.445. The molecule has 8 heteroatoms. The Hall–Kier alpha value is -1.48. The number of likely N-dealkylation sites (N-methyl/N-ethyl adjacent to an activating group) is 1. The fraction of sp³-hybridized carbons (Fsp3) is 0.562. The van der Waals surface area contributed by atoms with E-state index in [0.717, 1.165) is 19.5 Å². The van der Waals surface area contributed by atoms with E-state index in [-0.39, 0.29) is 10.8 Å². The molecule has 0 spiro atoms. The molecule has 2 N–H and O–H groups in total. The molecule has 7 nitrogen and oxygen atoms in total. The van der Waals surface area contributed by atoms with Gasteiger partial charge in [0.05, 0.1) is 4.90 Å². The van der Waals surface area contributed by atoms with Gasteiger partial charge in [0.15, 0.2) is 0 Å². The maximum Gasteiger partial charge on any atom is 0.251 e. The van der Waals surface area contributed by atoms with Crippen molar-refractivity contribution < 1.29 is 13.2 Å². The van der Waals surface area contributed by atoms with Crippen LogP contribution in [0.3, 0.4) is 0 Å². The molecule has 0 aromatic heterocycles. The van der Waals surface area contributed by atoms with Gasteiger partial charge in [0, 0.05) is 25.2 Å². The summed E-state index contributed by atoms with van der Waals surface area (Å²) in [6.07, 6.45) is 0.735. The Morgan fingerprint density at radius 1 is 0.958 bits per heavy atom. The lowest BCUT2D eigenvalue weighted by molar-refractivity contribution is 0.0951. The minimum Gasteiger partial charge on any atom is -0.351 e. The molecule has 0 fully saturated rings. The summed E-state index contributed by atoms with van der Waals surface area (Å²) < 4.78 is 26.9. The number of nitrogens with one attached hydrogen (secondary N) is 2. The van der Waals surface area contributed by atoms with Crippen LogP contribution in [-0.4, -0.2) is 78.5 Å². The smallest absolute Gasteiger partial charge is 0.251 e. The first-order valence-electron chi connectivity index (χ1n) is 7.90. The standard InChI is InChI=1S/C16H28N4O3S/c1-19(2)12-5-10-18-24(22,23)15-8-6-14(7-9-15)16(21)17-11-13-20(3)4/h6-9,18H,5,10-13H2,1-4H3,(H,17,21). The first-order valence-corrected chi connectivity index (χ1v) is 9.38. The van der Waals surface area contributed by atoms with Gasteiger partial charge in [-0.3, -0.25) is 4.79 Å². The van der Waals surface area contributed by atoms with E-state index in [4.69, 9.17) is 0 Å². The number of hydrogen-bond acceptors (Lipinski definition) is 5. The number of nitrogens with zero attached hydrogens (tertiary/aromatic N) is 2. The lowest BCUT2D eigenvalue weighted by Gasteiger charge is -2.11. The van der Waals surface area contributed by atoms with Crippen LogP contribution in [0, 0.1) is 0 Å². The Labute approximate surface area is 145 Å². The molecular formula is C16H28N4O3S. The lowest BCUT2D eigenvalue weighted by Crippen LogP contribution is -2.31. The highest BCUT2D eigenvalue weighted by Crippen LogP contribution is 2.10. The van der Waals surface area contributed by atoms with Crippen LogP contribution in [0.2, 0.25) is 0 Å². The minimum atomic E-state index is -3.54. The van der Waals surface area contributed by atoms with Gasteiger partial charge in [-0.25, -0.2) is 13.1 Å². The summed E-state index contributed by atoms with van der Waals surface area (Å²) in [6.45, 7) is 2.48. The second-order valence-electron chi connectivity index (χ2n) is 6.14. The molecule has 0 aliphatic carbocycles. The topological polar surface area (TPSA) is 81.8 Å². The van der Waals surface area contributed by atoms with E-state index in [2.05, 4.69) is 10.0 Å². The second kappa shape index (κ2) is 9.73. The van der Waals surface area contributed by atoms with Crippen molar-refractivity contribution in [2.45, 2.75) is 11.3 Å². The second-order valence-corrected chi connectivity index (χ2v) is 7.91. The van der Waals surface area contributed by atoms with E-state index in [9.17, 15) is 13.2 Å². The Kier molecular flexibility index (Phi) is 8.34. The van der Waals surface area contributed by atoms with Crippen molar-refractivity contribution >= 4 is 15.9 Å². The minimum absolute atomic E-state index is 0.164. The molecule has 0 aliphatic heterocycles. The van der Waals surface area contributed by atoms with E-state index in [1.54, 1.807) is 0 Å². The molecule has 0 unspecified atom stereocenters. The number of benzene rings is 1. The van der Waals surface area contributed by atoms with Crippen LogP contribution < -0.4 is 10.0 Å². The highest BCUT2D eigenvalue weighted by molar-refractivity contribution is 7.89. The third kappa shape index (κ3) is 7.39. The summed E-state index contributed by atoms with van der Waals surface area (Å²) in [5, 5.41) is 2.79. The molecule has 136 valence electrons. The van der Waals surface area contributed by atoms with Gasteiger partial charge in [-0.15, -0.1) is 0 Å². The number of carbonyl (C=O) groups is 1. The molecular weight excluding hydrogens is 328 g/mol. The Balaban J connectivity index is 2.57. The molecule has 0 bridgehead atoms. The molecule has 1 aromatic carbocycles. The summed E-state index contributed by atoms with van der Waals surface area (Å²) >= 11 is 0. The summed E-state index contributed by atoms with van der Waals surface area (Å²) in [5.74, 6) is -0.209. The molecule has 0 heterocycles. The summed E-state index contributed by atoms with van der Waals surface area (Å²) in [4.78, 5) is 16.1. The van der Waals surface area contributed by atoms with Crippen molar-refractivity contribution in [3.63, 3.8) is 0 Å². The van der Waals surface area contributed by atoms with Crippen LogP contribution in [0.1, 0.15) is 16.8 Å². The molecule has 0 atom stereocenters. The number of sulfonamides is 1. The first kappa shape index (κ1) is 20.6. The Morgan fingerprint density at radius 2 is 1.54 bits per heavy atom. The van der Waals surface area contributed by atoms with Crippen molar-refractivity contribution in [3.05, 3.63) is 29.8 Å². The SMILES string of the molecule is CN(C)CCCNS(=O)(=O)c1ccc(C(=O)NCCN(C)C)cc1. The summed E-state index contributed by atoms with van der Waals surface area (Å²) in [6, 6.07) is 5.96. The third-order valence-electron chi connectivity index (χ3n) is 3.35. The zero-order valence-electron chi connectivity index (χ0n) is 14.9. The fourth-order valence-corrected chi connectivity index (χ4v) is 3.04. The first-order chi connectivity index (χ1) is 11.2. The van der Waals surface area contributed by atoms with E-state index in [0.29, 0.717) is 18.7 Å². The number of hydrogen-bond donors (Lipinski definition) is 2. The average molecular weight is 356 g/mol. The van der Waals surface area contributed by atoms with Gasteiger partial charge in [0.1, 0.15) is 0 Å². The van der Waals surface area contributed by atoms with E-state index in [1.165, 1.54) is 24.3 Å². The normalized spacial score (nSPS) is 11.9. The zero-order chi connectivity index (χ0) is 18.2. The molecule has 0 saturated carbocycles. The Morgan fingerprint density at radius 3 is 2.08 bits per heavy atom. The molecule has 1 rings (SSSR count). The van der Waals surface area contributed by atoms with Crippen molar-refractivity contribution in [3.8, 4) is 0 Å². The van der Waals surface area contributed by atoms with E-state index in [1.807, 2.05) is 38.0 Å². The van der Waals surface area contributed by atoms with E-state index < -0.39 is 10.0 Å². The lowest BCUT2D eigenvalue weighted by atomic mass is 10.2. The van der Waals surface area contributed by atoms with Gasteiger partial charge in [0.25, 0.3) is 5.91 Å². The molecule has 1 amide bonds. The van der Waals surface area contributed by atoms with Crippen molar-refractivity contribution in [1.29, 1.82) is 0 Å². The highest BCUT2D eigenvalue weighted by Gasteiger charge is 2.14. The third-order valence-corrected chi connectivity index (χ3v) is 4.82. The van der Waals surface area contributed by atoms with Crippen molar-refractivity contribution in [2.24, 2.45) is 0 Å². The highest BCUT2D eigenvalue weighted by atomic mass is 32.2. The van der Waals surface area contributed by atoms with Gasteiger partial charge in [-0.05, 0) is 65.4 Å². The van der Waals surface area contributed by atoms with Gasteiger partial charge in [-0.1, -0.05) is 0 Å². The maximum atomic E-state index is 12.2. The largest absolute Gasteiger partial charge is 0.351 e. The number of rotatable bonds is 10. The van der Waals surface area contributed by atoms with Crippen LogP contribution in [0.15, 0.2) is 29.2 Å². The fourth-order valence-electron chi connectivity index (χ4n) is 1.97. The van der Waals surface area contributed by atoms with Crippen LogP contribution >= 0.6 is 0 Å². The van der Waals surface area contributed by atoms with Gasteiger partial charge in [-0.2, -0.15) is 0 Å². The van der Waals surface area contributed by atoms with Gasteiger partial charge >= 0.3 is 0 Å². The maximum absolute atomic E-state index is 12.2. The summed E-state index contributed by atoms with van der Waals surface area (Å²) in [7, 11) is 4.20. The quantitative estimate of drug-likeness (QED) is 0.586.